The van der Waals surface area contributed by atoms with Gasteiger partial charge in [0.05, 0.1) is 5.75 Å². The predicted molar refractivity (Wildman–Crippen MR) is 88.7 cm³/mol. The molecule has 0 aliphatic carbocycles. The minimum Gasteiger partial charge on any atom is -0.317 e. The first kappa shape index (κ1) is 18.1. The third kappa shape index (κ3) is 7.07. The molecule has 1 N–H and O–H groups in total. The van der Waals surface area contributed by atoms with Gasteiger partial charge in [-0.3, -0.25) is 0 Å². The van der Waals surface area contributed by atoms with Crippen molar-refractivity contribution in [2.75, 3.05) is 25.4 Å². The molecule has 0 heterocycles. The zero-order valence-corrected chi connectivity index (χ0v) is 14.0. The fraction of sp³-hybridized carbons (Fsp3) is 0.625. The van der Waals surface area contributed by atoms with E-state index in [1.54, 1.807) is 4.31 Å². The Morgan fingerprint density at radius 1 is 1.05 bits per heavy atom. The molecule has 0 amide bonds. The zero-order chi connectivity index (χ0) is 15.6. The van der Waals surface area contributed by atoms with Crippen LogP contribution >= 0.6 is 0 Å². The number of hydrogen-bond acceptors (Lipinski definition) is 3. The molecule has 21 heavy (non-hydrogen) atoms. The van der Waals surface area contributed by atoms with E-state index < -0.39 is 10.0 Å². The Bertz CT molecular complexity index is 474. The first-order valence-electron chi connectivity index (χ1n) is 7.82. The van der Waals surface area contributed by atoms with Crippen LogP contribution in [0, 0.1) is 0 Å². The van der Waals surface area contributed by atoms with E-state index in [1.807, 2.05) is 37.3 Å². The summed E-state index contributed by atoms with van der Waals surface area (Å²) < 4.78 is 26.3. The third-order valence-corrected chi connectivity index (χ3v) is 5.36. The van der Waals surface area contributed by atoms with E-state index in [2.05, 4.69) is 12.2 Å². The lowest BCUT2D eigenvalue weighted by atomic mass is 10.2. The van der Waals surface area contributed by atoms with Crippen molar-refractivity contribution < 1.29 is 8.42 Å². The Labute approximate surface area is 129 Å². The molecule has 0 saturated carbocycles. The van der Waals surface area contributed by atoms with E-state index in [0.717, 1.165) is 31.5 Å². The van der Waals surface area contributed by atoms with Crippen molar-refractivity contribution in [1.29, 1.82) is 0 Å². The van der Waals surface area contributed by atoms with Crippen LogP contribution in [-0.2, 0) is 16.6 Å². The van der Waals surface area contributed by atoms with Gasteiger partial charge in [-0.25, -0.2) is 8.42 Å². The van der Waals surface area contributed by atoms with Gasteiger partial charge in [0.1, 0.15) is 0 Å². The van der Waals surface area contributed by atoms with Gasteiger partial charge in [-0.1, -0.05) is 44.2 Å². The second kappa shape index (κ2) is 9.92. The molecule has 0 spiro atoms. The standard InChI is InChI=1S/C16H28N2O2S/c1-3-12-17-13-8-9-14-21(19,20)18(4-2)15-16-10-6-5-7-11-16/h5-7,10-11,17H,3-4,8-9,12-15H2,1-2H3. The lowest BCUT2D eigenvalue weighted by Crippen LogP contribution is -2.32. The molecule has 1 aromatic carbocycles. The van der Waals surface area contributed by atoms with E-state index in [1.165, 1.54) is 0 Å². The number of sulfonamides is 1. The van der Waals surface area contributed by atoms with Gasteiger partial charge >= 0.3 is 0 Å². The van der Waals surface area contributed by atoms with Crippen LogP contribution in [0.5, 0.6) is 0 Å². The van der Waals surface area contributed by atoms with E-state index >= 15 is 0 Å². The summed E-state index contributed by atoms with van der Waals surface area (Å²) in [5, 5.41) is 3.30. The minimum atomic E-state index is -3.16. The van der Waals surface area contributed by atoms with Crippen LogP contribution in [-0.4, -0.2) is 38.1 Å². The molecule has 1 rings (SSSR count). The second-order valence-electron chi connectivity index (χ2n) is 5.18. The van der Waals surface area contributed by atoms with E-state index in [9.17, 15) is 8.42 Å². The molecule has 0 saturated heterocycles. The summed E-state index contributed by atoms with van der Waals surface area (Å²) >= 11 is 0. The van der Waals surface area contributed by atoms with Gasteiger partial charge in [-0.15, -0.1) is 0 Å². The van der Waals surface area contributed by atoms with Crippen molar-refractivity contribution in [2.45, 2.75) is 39.7 Å². The fourth-order valence-corrected chi connectivity index (χ4v) is 3.73. The molecule has 0 unspecified atom stereocenters. The van der Waals surface area contributed by atoms with Crippen LogP contribution in [0.3, 0.4) is 0 Å². The van der Waals surface area contributed by atoms with Gasteiger partial charge < -0.3 is 5.32 Å². The summed E-state index contributed by atoms with van der Waals surface area (Å²) in [7, 11) is -3.16. The van der Waals surface area contributed by atoms with Crippen LogP contribution in [0.4, 0.5) is 0 Å². The van der Waals surface area contributed by atoms with Gasteiger partial charge in [-0.05, 0) is 37.9 Å². The van der Waals surface area contributed by atoms with Gasteiger partial charge in [0.2, 0.25) is 10.0 Å². The SMILES string of the molecule is CCCNCCCCS(=O)(=O)N(CC)Cc1ccccc1. The Morgan fingerprint density at radius 2 is 1.76 bits per heavy atom. The predicted octanol–water partition coefficient (Wildman–Crippen LogP) is 2.62. The highest BCUT2D eigenvalue weighted by atomic mass is 32.2. The average Bonchev–Trinajstić information content (AvgIpc) is 2.49. The number of hydrogen-bond donors (Lipinski definition) is 1. The Kier molecular flexibility index (Phi) is 8.57. The minimum absolute atomic E-state index is 0.238. The number of nitrogens with zero attached hydrogens (tertiary/aromatic N) is 1. The number of nitrogens with one attached hydrogen (secondary N) is 1. The quantitative estimate of drug-likeness (QED) is 0.639. The van der Waals surface area contributed by atoms with Crippen molar-refractivity contribution in [3.05, 3.63) is 35.9 Å². The summed E-state index contributed by atoms with van der Waals surface area (Å²) in [6.07, 6.45) is 2.73. The molecule has 0 fully saturated rings. The van der Waals surface area contributed by atoms with E-state index in [4.69, 9.17) is 0 Å². The fourth-order valence-electron chi connectivity index (χ4n) is 2.16. The monoisotopic (exact) mass is 312 g/mol. The summed E-state index contributed by atoms with van der Waals surface area (Å²) in [5.41, 5.74) is 1.03. The van der Waals surface area contributed by atoms with Crippen LogP contribution in [0.2, 0.25) is 0 Å². The van der Waals surface area contributed by atoms with E-state index in [-0.39, 0.29) is 5.75 Å². The molecule has 0 aliphatic heterocycles. The van der Waals surface area contributed by atoms with Gasteiger partial charge in [-0.2, -0.15) is 4.31 Å². The molecule has 0 bridgehead atoms. The van der Waals surface area contributed by atoms with Gasteiger partial charge in [0.25, 0.3) is 0 Å². The summed E-state index contributed by atoms with van der Waals surface area (Å²) in [6.45, 7) is 6.90. The molecular formula is C16H28N2O2S. The first-order chi connectivity index (χ1) is 10.1. The Balaban J connectivity index is 2.43. The van der Waals surface area contributed by atoms with Crippen LogP contribution in [0.1, 0.15) is 38.7 Å². The Hall–Kier alpha value is -0.910. The molecule has 0 atom stereocenters. The van der Waals surface area contributed by atoms with Crippen molar-refractivity contribution >= 4 is 10.0 Å². The maximum Gasteiger partial charge on any atom is 0.214 e. The van der Waals surface area contributed by atoms with Gasteiger partial charge in [0, 0.05) is 13.1 Å². The lowest BCUT2D eigenvalue weighted by Gasteiger charge is -2.20. The smallest absolute Gasteiger partial charge is 0.214 e. The van der Waals surface area contributed by atoms with E-state index in [0.29, 0.717) is 19.5 Å². The van der Waals surface area contributed by atoms with Gasteiger partial charge in [0.15, 0.2) is 0 Å². The highest BCUT2D eigenvalue weighted by Gasteiger charge is 2.19. The molecule has 0 aromatic heterocycles. The first-order valence-corrected chi connectivity index (χ1v) is 9.43. The maximum atomic E-state index is 12.4. The highest BCUT2D eigenvalue weighted by Crippen LogP contribution is 2.11. The normalized spacial score (nSPS) is 12.0. The molecule has 1 aromatic rings. The van der Waals surface area contributed by atoms with Crippen LogP contribution < -0.4 is 5.32 Å². The third-order valence-electron chi connectivity index (χ3n) is 3.38. The highest BCUT2D eigenvalue weighted by molar-refractivity contribution is 7.89. The summed E-state index contributed by atoms with van der Waals surface area (Å²) in [6, 6.07) is 9.75. The topological polar surface area (TPSA) is 49.4 Å². The number of rotatable bonds is 11. The molecule has 0 aliphatic rings. The number of benzene rings is 1. The van der Waals surface area contributed by atoms with Crippen LogP contribution in [0.15, 0.2) is 30.3 Å². The molecule has 120 valence electrons. The second-order valence-corrected chi connectivity index (χ2v) is 7.27. The largest absolute Gasteiger partial charge is 0.317 e. The lowest BCUT2D eigenvalue weighted by molar-refractivity contribution is 0.422. The summed E-state index contributed by atoms with van der Waals surface area (Å²) in [4.78, 5) is 0. The van der Waals surface area contributed by atoms with Crippen molar-refractivity contribution in [3.8, 4) is 0 Å². The Morgan fingerprint density at radius 3 is 2.38 bits per heavy atom. The molecule has 4 nitrogen and oxygen atoms in total. The zero-order valence-electron chi connectivity index (χ0n) is 13.2. The van der Waals surface area contributed by atoms with Crippen LogP contribution in [0.25, 0.3) is 0 Å². The summed E-state index contributed by atoms with van der Waals surface area (Å²) in [5.74, 6) is 0.238. The van der Waals surface area contributed by atoms with Crippen molar-refractivity contribution in [1.82, 2.24) is 9.62 Å². The average molecular weight is 312 g/mol. The molecule has 5 heteroatoms. The van der Waals surface area contributed by atoms with Crippen molar-refractivity contribution in [2.24, 2.45) is 0 Å². The maximum absolute atomic E-state index is 12.4. The number of unbranched alkanes of at least 4 members (excludes halogenated alkanes) is 1. The van der Waals surface area contributed by atoms with Crippen molar-refractivity contribution in [3.63, 3.8) is 0 Å². The molecular weight excluding hydrogens is 284 g/mol. The molecule has 0 radical (unpaired) electrons.